The molecular weight excluding hydrogens is 368 g/mol. The first-order valence-electron chi connectivity index (χ1n) is 10.7. The number of ether oxygens (including phenoxy) is 1. The predicted molar refractivity (Wildman–Crippen MR) is 110 cm³/mol. The number of rotatable bonds is 6. The summed E-state index contributed by atoms with van der Waals surface area (Å²) in [4.78, 5) is 31.9. The average Bonchev–Trinajstić information content (AvgIpc) is 3.41. The van der Waals surface area contributed by atoms with Gasteiger partial charge in [0.05, 0.1) is 17.6 Å². The summed E-state index contributed by atoms with van der Waals surface area (Å²) in [5.74, 6) is 0.682. The molecule has 7 heteroatoms. The van der Waals surface area contributed by atoms with E-state index in [4.69, 9.17) is 4.74 Å². The van der Waals surface area contributed by atoms with E-state index < -0.39 is 0 Å². The highest BCUT2D eigenvalue weighted by Crippen LogP contribution is 2.23. The number of carbonyl (C=O) groups is 2. The second-order valence-corrected chi connectivity index (χ2v) is 8.12. The van der Waals surface area contributed by atoms with Crippen LogP contribution in [0.2, 0.25) is 0 Å². The van der Waals surface area contributed by atoms with E-state index >= 15 is 0 Å². The zero-order valence-electron chi connectivity index (χ0n) is 17.1. The fourth-order valence-electron chi connectivity index (χ4n) is 4.42. The van der Waals surface area contributed by atoms with Crippen LogP contribution in [0, 0.1) is 0 Å². The average molecular weight is 399 g/mol. The molecule has 0 bridgehead atoms. The topological polar surface area (TPSA) is 76.5 Å². The lowest BCUT2D eigenvalue weighted by atomic mass is 9.94. The highest BCUT2D eigenvalue weighted by atomic mass is 16.5. The zero-order valence-corrected chi connectivity index (χ0v) is 17.1. The fourth-order valence-corrected chi connectivity index (χ4v) is 4.42. The normalized spacial score (nSPS) is 20.1. The molecule has 2 heterocycles. The van der Waals surface area contributed by atoms with Gasteiger partial charge in [0.2, 0.25) is 11.8 Å². The van der Waals surface area contributed by atoms with Gasteiger partial charge in [-0.1, -0.05) is 31.4 Å². The molecule has 1 aliphatic carbocycles. The molecule has 156 valence electrons. The quantitative estimate of drug-likeness (QED) is 0.812. The Balaban J connectivity index is 1.50. The number of hydrogen-bond donors (Lipinski definition) is 1. The smallest absolute Gasteiger partial charge is 0.249 e. The number of nitrogens with one attached hydrogen (secondary N) is 1. The predicted octanol–water partition coefficient (Wildman–Crippen LogP) is 2.62. The van der Waals surface area contributed by atoms with Gasteiger partial charge in [-0.15, -0.1) is 0 Å². The number of amides is 2. The number of aromatic nitrogens is 2. The molecule has 2 amide bonds. The minimum Gasteiger partial charge on any atom is -0.368 e. The number of nitrogens with zero attached hydrogens (tertiary/aromatic N) is 3. The van der Waals surface area contributed by atoms with Crippen molar-refractivity contribution in [3.05, 3.63) is 30.1 Å². The first-order valence-corrected chi connectivity index (χ1v) is 10.7. The molecule has 4 rings (SSSR count). The number of benzene rings is 1. The van der Waals surface area contributed by atoms with E-state index in [9.17, 15) is 9.59 Å². The third kappa shape index (κ3) is 4.45. The number of hydrogen-bond acceptors (Lipinski definition) is 4. The lowest BCUT2D eigenvalue weighted by Gasteiger charge is -2.31. The molecule has 1 aromatic carbocycles. The van der Waals surface area contributed by atoms with E-state index in [1.54, 1.807) is 0 Å². The van der Waals surface area contributed by atoms with Crippen molar-refractivity contribution in [2.45, 2.75) is 70.2 Å². The van der Waals surface area contributed by atoms with Crippen LogP contribution in [0.25, 0.3) is 11.0 Å². The Morgan fingerprint density at radius 2 is 1.97 bits per heavy atom. The Kier molecular flexibility index (Phi) is 6.13. The summed E-state index contributed by atoms with van der Waals surface area (Å²) in [6.45, 7) is 1.16. The number of fused-ring (bicyclic) bond motifs is 1. The van der Waals surface area contributed by atoms with E-state index in [1.165, 1.54) is 19.3 Å². The van der Waals surface area contributed by atoms with Crippen LogP contribution in [-0.4, -0.2) is 52.1 Å². The molecule has 29 heavy (non-hydrogen) atoms. The Labute approximate surface area is 171 Å². The Morgan fingerprint density at radius 1 is 1.17 bits per heavy atom. The van der Waals surface area contributed by atoms with Crippen LogP contribution >= 0.6 is 0 Å². The summed E-state index contributed by atoms with van der Waals surface area (Å²) in [7, 11) is 1.91. The van der Waals surface area contributed by atoms with Crippen LogP contribution in [0.5, 0.6) is 0 Å². The maximum absolute atomic E-state index is 13.0. The van der Waals surface area contributed by atoms with Crippen molar-refractivity contribution in [1.29, 1.82) is 0 Å². The molecule has 2 fully saturated rings. The largest absolute Gasteiger partial charge is 0.368 e. The van der Waals surface area contributed by atoms with Crippen molar-refractivity contribution >= 4 is 22.8 Å². The molecule has 2 aromatic rings. The van der Waals surface area contributed by atoms with Crippen molar-refractivity contribution in [1.82, 2.24) is 19.8 Å². The molecule has 1 atom stereocenters. The summed E-state index contributed by atoms with van der Waals surface area (Å²) in [5, 5.41) is 2.94. The number of likely N-dealkylation sites (N-methyl/N-ethyl adjacent to an activating group) is 1. The maximum Gasteiger partial charge on any atom is 0.249 e. The Morgan fingerprint density at radius 3 is 2.72 bits per heavy atom. The van der Waals surface area contributed by atoms with Gasteiger partial charge in [-0.2, -0.15) is 0 Å². The highest BCUT2D eigenvalue weighted by molar-refractivity contribution is 5.82. The fraction of sp³-hybridized carbons (Fsp3) is 0.591. The Hall–Kier alpha value is -2.41. The van der Waals surface area contributed by atoms with Crippen LogP contribution in [-0.2, 0) is 27.4 Å². The summed E-state index contributed by atoms with van der Waals surface area (Å²) < 4.78 is 7.39. The summed E-state index contributed by atoms with van der Waals surface area (Å²) >= 11 is 0. The van der Waals surface area contributed by atoms with E-state index in [2.05, 4.69) is 10.3 Å². The van der Waals surface area contributed by atoms with E-state index in [0.717, 1.165) is 36.7 Å². The Bertz CT molecular complexity index is 866. The van der Waals surface area contributed by atoms with Crippen LogP contribution in [0.1, 0.15) is 50.8 Å². The zero-order chi connectivity index (χ0) is 20.2. The lowest BCUT2D eigenvalue weighted by molar-refractivity contribution is -0.133. The van der Waals surface area contributed by atoms with Crippen LogP contribution < -0.4 is 5.32 Å². The van der Waals surface area contributed by atoms with Gasteiger partial charge in [0, 0.05) is 19.7 Å². The van der Waals surface area contributed by atoms with E-state index in [0.29, 0.717) is 18.5 Å². The minimum absolute atomic E-state index is 0.0896. The third-order valence-corrected chi connectivity index (χ3v) is 6.19. The molecule has 7 nitrogen and oxygen atoms in total. The van der Waals surface area contributed by atoms with Crippen molar-refractivity contribution < 1.29 is 14.3 Å². The van der Waals surface area contributed by atoms with Gasteiger partial charge in [-0.3, -0.25) is 9.59 Å². The maximum atomic E-state index is 13.0. The first-order chi connectivity index (χ1) is 14.1. The molecule has 1 saturated heterocycles. The number of carbonyl (C=O) groups excluding carboxylic acids is 2. The minimum atomic E-state index is -0.369. The molecule has 1 aliphatic heterocycles. The number of imidazole rings is 1. The van der Waals surface area contributed by atoms with Gasteiger partial charge >= 0.3 is 0 Å². The SMILES string of the molecule is CN(C(=O)Cn1c(CNC(=O)C2CCCO2)nc2ccccc21)C1CCCCC1. The van der Waals surface area contributed by atoms with Crippen molar-refractivity contribution in [3.8, 4) is 0 Å². The van der Waals surface area contributed by atoms with Gasteiger partial charge in [-0.25, -0.2) is 4.98 Å². The van der Waals surface area contributed by atoms with Gasteiger partial charge in [0.25, 0.3) is 0 Å². The first kappa shape index (κ1) is 19.9. The highest BCUT2D eigenvalue weighted by Gasteiger charge is 2.25. The van der Waals surface area contributed by atoms with E-state index in [-0.39, 0.29) is 31.0 Å². The second-order valence-electron chi connectivity index (χ2n) is 8.12. The van der Waals surface area contributed by atoms with Gasteiger partial charge in [0.15, 0.2) is 0 Å². The molecular formula is C22H30N4O3. The van der Waals surface area contributed by atoms with Gasteiger partial charge in [-0.05, 0) is 37.8 Å². The lowest BCUT2D eigenvalue weighted by Crippen LogP contribution is -2.40. The van der Waals surface area contributed by atoms with Gasteiger partial charge in [0.1, 0.15) is 18.5 Å². The summed E-state index contributed by atoms with van der Waals surface area (Å²) in [6.07, 6.45) is 7.11. The molecule has 1 N–H and O–H groups in total. The summed E-state index contributed by atoms with van der Waals surface area (Å²) in [5.41, 5.74) is 1.75. The number of para-hydroxylation sites is 2. The van der Waals surface area contributed by atoms with Crippen molar-refractivity contribution in [2.75, 3.05) is 13.7 Å². The van der Waals surface area contributed by atoms with Crippen LogP contribution in [0.15, 0.2) is 24.3 Å². The molecule has 1 aromatic heterocycles. The van der Waals surface area contributed by atoms with Gasteiger partial charge < -0.3 is 19.5 Å². The third-order valence-electron chi connectivity index (χ3n) is 6.19. The summed E-state index contributed by atoms with van der Waals surface area (Å²) in [6, 6.07) is 8.12. The van der Waals surface area contributed by atoms with Crippen molar-refractivity contribution in [3.63, 3.8) is 0 Å². The molecule has 1 unspecified atom stereocenters. The van der Waals surface area contributed by atoms with E-state index in [1.807, 2.05) is 40.8 Å². The van der Waals surface area contributed by atoms with Crippen LogP contribution in [0.3, 0.4) is 0 Å². The van der Waals surface area contributed by atoms with Crippen molar-refractivity contribution in [2.24, 2.45) is 0 Å². The molecule has 0 radical (unpaired) electrons. The standard InChI is InChI=1S/C22H30N4O3/c1-25(16-8-3-2-4-9-16)21(27)15-26-18-11-6-5-10-17(18)24-20(26)14-23-22(28)19-12-7-13-29-19/h5-6,10-11,16,19H,2-4,7-9,12-15H2,1H3,(H,23,28). The molecule has 0 spiro atoms. The second kappa shape index (κ2) is 8.95. The molecule has 2 aliphatic rings. The molecule has 1 saturated carbocycles. The monoisotopic (exact) mass is 398 g/mol. The van der Waals surface area contributed by atoms with Crippen LogP contribution in [0.4, 0.5) is 0 Å².